The molecular weight excluding hydrogens is 510 g/mol. The van der Waals surface area contributed by atoms with Crippen molar-refractivity contribution in [1.29, 1.82) is 0 Å². The first-order valence-corrected chi connectivity index (χ1v) is 15.6. The lowest BCUT2D eigenvalue weighted by molar-refractivity contribution is -0.134. The summed E-state index contributed by atoms with van der Waals surface area (Å²) in [6, 6.07) is 14.5. The Bertz CT molecular complexity index is 1420. The number of hydrogen-bond donors (Lipinski definition) is 2. The van der Waals surface area contributed by atoms with Gasteiger partial charge < -0.3 is 15.5 Å². The molecule has 5 rings (SSSR count). The van der Waals surface area contributed by atoms with Gasteiger partial charge in [-0.15, -0.1) is 0 Å². The summed E-state index contributed by atoms with van der Waals surface area (Å²) in [6.07, 6.45) is 5.10. The number of sulfone groups is 1. The lowest BCUT2D eigenvalue weighted by Crippen LogP contribution is -2.58. The number of aromatic nitrogens is 2. The van der Waals surface area contributed by atoms with Crippen LogP contribution in [0.5, 0.6) is 0 Å². The van der Waals surface area contributed by atoms with Gasteiger partial charge in [0.25, 0.3) is 0 Å². The number of carbonyl (C=O) groups is 1. The molecule has 1 aliphatic heterocycles. The molecule has 0 unspecified atom stereocenters. The molecule has 8 nitrogen and oxygen atoms in total. The summed E-state index contributed by atoms with van der Waals surface area (Å²) in [5.74, 6) is 1.07. The SMILES string of the molecule is Cc1ccc2ncnc(N[C@H]3CCN(C4(CS(=O)(=O)c5ccccc5)CCC(NCC(C)C)CC4)C3=O)c2c1. The minimum absolute atomic E-state index is 0.0498. The third-order valence-corrected chi connectivity index (χ3v) is 10.1. The molecule has 208 valence electrons. The number of likely N-dealkylation sites (tertiary alicyclic amines) is 1. The average molecular weight is 550 g/mol. The van der Waals surface area contributed by atoms with E-state index in [0.717, 1.165) is 35.9 Å². The number of anilines is 1. The maximum Gasteiger partial charge on any atom is 0.245 e. The number of benzene rings is 2. The van der Waals surface area contributed by atoms with Crippen molar-refractivity contribution in [2.45, 2.75) is 75.4 Å². The number of hydrogen-bond acceptors (Lipinski definition) is 7. The molecule has 3 aromatic rings. The molecule has 0 radical (unpaired) electrons. The van der Waals surface area contributed by atoms with E-state index in [2.05, 4.69) is 34.4 Å². The van der Waals surface area contributed by atoms with Gasteiger partial charge in [0.15, 0.2) is 9.84 Å². The molecule has 2 aromatic carbocycles. The highest BCUT2D eigenvalue weighted by Gasteiger charge is 2.49. The van der Waals surface area contributed by atoms with Crippen molar-refractivity contribution in [3.8, 4) is 0 Å². The Morgan fingerprint density at radius 1 is 1.05 bits per heavy atom. The van der Waals surface area contributed by atoms with E-state index in [4.69, 9.17) is 0 Å². The highest BCUT2D eigenvalue weighted by Crippen LogP contribution is 2.39. The summed E-state index contributed by atoms with van der Waals surface area (Å²) >= 11 is 0. The third-order valence-electron chi connectivity index (χ3n) is 8.17. The molecule has 2 fully saturated rings. The fourth-order valence-corrected chi connectivity index (χ4v) is 7.94. The second-order valence-corrected chi connectivity index (χ2v) is 13.6. The monoisotopic (exact) mass is 549 g/mol. The third kappa shape index (κ3) is 5.94. The van der Waals surface area contributed by atoms with Gasteiger partial charge in [-0.05, 0) is 75.8 Å². The minimum atomic E-state index is -3.59. The molecule has 9 heteroatoms. The smallest absolute Gasteiger partial charge is 0.245 e. The summed E-state index contributed by atoms with van der Waals surface area (Å²) in [4.78, 5) is 24.9. The van der Waals surface area contributed by atoms with Crippen molar-refractivity contribution in [3.63, 3.8) is 0 Å². The van der Waals surface area contributed by atoms with Crippen LogP contribution in [0.25, 0.3) is 10.9 Å². The van der Waals surface area contributed by atoms with E-state index in [1.807, 2.05) is 36.1 Å². The molecule has 1 saturated carbocycles. The van der Waals surface area contributed by atoms with Crippen LogP contribution in [-0.2, 0) is 14.6 Å². The van der Waals surface area contributed by atoms with Crippen molar-refractivity contribution in [2.24, 2.45) is 5.92 Å². The van der Waals surface area contributed by atoms with Gasteiger partial charge in [-0.3, -0.25) is 4.79 Å². The van der Waals surface area contributed by atoms with E-state index < -0.39 is 21.4 Å². The number of nitrogens with zero attached hydrogens (tertiary/aromatic N) is 3. The summed E-state index contributed by atoms with van der Waals surface area (Å²) in [7, 11) is -3.59. The first-order chi connectivity index (χ1) is 18.7. The highest BCUT2D eigenvalue weighted by atomic mass is 32.2. The number of nitrogens with one attached hydrogen (secondary N) is 2. The zero-order valence-corrected chi connectivity index (χ0v) is 23.9. The van der Waals surface area contributed by atoms with Gasteiger partial charge in [0.1, 0.15) is 18.2 Å². The Hall–Kier alpha value is -3.04. The van der Waals surface area contributed by atoms with Crippen molar-refractivity contribution in [1.82, 2.24) is 20.2 Å². The van der Waals surface area contributed by atoms with E-state index in [0.29, 0.717) is 48.5 Å². The number of carbonyl (C=O) groups excluding carboxylic acids is 1. The van der Waals surface area contributed by atoms with Gasteiger partial charge in [0.05, 0.1) is 21.7 Å². The van der Waals surface area contributed by atoms with E-state index in [1.165, 1.54) is 6.33 Å². The van der Waals surface area contributed by atoms with Crippen LogP contribution in [0.4, 0.5) is 5.82 Å². The average Bonchev–Trinajstić information content (AvgIpc) is 3.29. The second kappa shape index (κ2) is 11.2. The summed E-state index contributed by atoms with van der Waals surface area (Å²) in [6.45, 7) is 7.84. The number of fused-ring (bicyclic) bond motifs is 1. The van der Waals surface area contributed by atoms with Crippen LogP contribution < -0.4 is 10.6 Å². The second-order valence-electron chi connectivity index (χ2n) is 11.6. The lowest BCUT2D eigenvalue weighted by Gasteiger charge is -2.46. The van der Waals surface area contributed by atoms with Crippen LogP contribution in [0.1, 0.15) is 51.5 Å². The summed E-state index contributed by atoms with van der Waals surface area (Å²) in [5, 5.41) is 7.89. The van der Waals surface area contributed by atoms with Gasteiger partial charge in [0, 0.05) is 18.0 Å². The molecule has 1 amide bonds. The topological polar surface area (TPSA) is 104 Å². The fourth-order valence-electron chi connectivity index (χ4n) is 6.05. The zero-order chi connectivity index (χ0) is 27.6. The molecule has 1 saturated heterocycles. The highest BCUT2D eigenvalue weighted by molar-refractivity contribution is 7.91. The Kier molecular flexibility index (Phi) is 7.91. The number of aryl methyl sites for hydroxylation is 1. The molecule has 2 N–H and O–H groups in total. The van der Waals surface area contributed by atoms with Crippen LogP contribution in [0, 0.1) is 12.8 Å². The van der Waals surface area contributed by atoms with Crippen molar-refractivity contribution >= 4 is 32.5 Å². The quantitative estimate of drug-likeness (QED) is 0.409. The Morgan fingerprint density at radius 3 is 2.51 bits per heavy atom. The van der Waals surface area contributed by atoms with Crippen LogP contribution in [0.15, 0.2) is 59.8 Å². The standard InChI is InChI=1S/C30H39N5O3S/c1-21(2)18-31-23-11-14-30(15-12-23,19-39(37,38)24-7-5-4-6-8-24)35-16-13-27(29(35)36)34-28-25-17-22(3)9-10-26(25)32-20-33-28/h4-10,17,20-21,23,27,31H,11-16,18-19H2,1-3H3,(H,32,33,34)/t23?,27-,30?/m0/s1. The van der Waals surface area contributed by atoms with Gasteiger partial charge in [-0.25, -0.2) is 18.4 Å². The molecule has 1 aromatic heterocycles. The van der Waals surface area contributed by atoms with Crippen molar-refractivity contribution in [3.05, 3.63) is 60.4 Å². The Balaban J connectivity index is 1.40. The minimum Gasteiger partial charge on any atom is -0.358 e. The van der Waals surface area contributed by atoms with Gasteiger partial charge in [-0.1, -0.05) is 43.7 Å². The van der Waals surface area contributed by atoms with Crippen LogP contribution >= 0.6 is 0 Å². The molecule has 1 atom stereocenters. The summed E-state index contributed by atoms with van der Waals surface area (Å²) < 4.78 is 27.3. The molecule has 39 heavy (non-hydrogen) atoms. The maximum absolute atomic E-state index is 13.9. The van der Waals surface area contributed by atoms with Crippen LogP contribution in [-0.4, -0.2) is 65.7 Å². The van der Waals surface area contributed by atoms with Crippen molar-refractivity contribution in [2.75, 3.05) is 24.2 Å². The first-order valence-electron chi connectivity index (χ1n) is 14.0. The summed E-state index contributed by atoms with van der Waals surface area (Å²) in [5.41, 5.74) is 1.17. The molecule has 2 heterocycles. The number of rotatable bonds is 9. The Labute approximate surface area is 231 Å². The molecule has 0 bridgehead atoms. The normalized spacial score (nSPS) is 24.0. The first kappa shape index (κ1) is 27.5. The largest absolute Gasteiger partial charge is 0.358 e. The van der Waals surface area contributed by atoms with E-state index >= 15 is 0 Å². The zero-order valence-electron chi connectivity index (χ0n) is 23.1. The number of amides is 1. The Morgan fingerprint density at radius 2 is 1.79 bits per heavy atom. The van der Waals surface area contributed by atoms with E-state index in [1.54, 1.807) is 24.3 Å². The van der Waals surface area contributed by atoms with E-state index in [9.17, 15) is 13.2 Å². The predicted octanol–water partition coefficient (Wildman–Crippen LogP) is 4.35. The predicted molar refractivity (Wildman–Crippen MR) is 154 cm³/mol. The van der Waals surface area contributed by atoms with Gasteiger partial charge >= 0.3 is 0 Å². The molecule has 1 aliphatic carbocycles. The lowest BCUT2D eigenvalue weighted by atomic mass is 9.79. The molecule has 2 aliphatic rings. The van der Waals surface area contributed by atoms with Crippen LogP contribution in [0.3, 0.4) is 0 Å². The van der Waals surface area contributed by atoms with Gasteiger partial charge in [-0.2, -0.15) is 0 Å². The molecule has 0 spiro atoms. The van der Waals surface area contributed by atoms with Crippen molar-refractivity contribution < 1.29 is 13.2 Å². The maximum atomic E-state index is 13.9. The molecular formula is C30H39N5O3S. The van der Waals surface area contributed by atoms with Gasteiger partial charge in [0.2, 0.25) is 5.91 Å². The van der Waals surface area contributed by atoms with Crippen LogP contribution in [0.2, 0.25) is 0 Å². The fraction of sp³-hybridized carbons (Fsp3) is 0.500. The van der Waals surface area contributed by atoms with E-state index in [-0.39, 0.29) is 11.7 Å².